The smallest absolute Gasteiger partial charge is 0.260 e. The minimum Gasteiger partial charge on any atom is -0.497 e. The van der Waals surface area contributed by atoms with Crippen molar-refractivity contribution in [2.75, 3.05) is 33.3 Å². The maximum absolute atomic E-state index is 13.6. The second-order valence-corrected chi connectivity index (χ2v) is 10.4. The Balaban J connectivity index is 1.30. The minimum atomic E-state index is 0.0948. The van der Waals surface area contributed by atoms with E-state index in [9.17, 15) is 4.91 Å². The van der Waals surface area contributed by atoms with Gasteiger partial charge in [0.2, 0.25) is 6.04 Å². The number of benzene rings is 2. The maximum atomic E-state index is 13.6. The molecule has 5 aliphatic heterocycles. The van der Waals surface area contributed by atoms with Crippen molar-refractivity contribution < 1.29 is 9.50 Å². The zero-order valence-electron chi connectivity index (χ0n) is 19.1. The SMILES string of the molecule is COc1ccc(CC2NCCC3c4c2cccc4[N+](=O)C3CC23CCN(CC2)CC3)cc1. The quantitative estimate of drug-likeness (QED) is 0.694. The Morgan fingerprint density at radius 2 is 1.84 bits per heavy atom. The number of ether oxygens (including phenoxy) is 1. The van der Waals surface area contributed by atoms with Gasteiger partial charge in [0.15, 0.2) is 0 Å². The summed E-state index contributed by atoms with van der Waals surface area (Å²) in [6.45, 7) is 4.63. The molecule has 0 aromatic heterocycles. The molecule has 2 aromatic carbocycles. The lowest BCUT2D eigenvalue weighted by atomic mass is 9.67. The molecule has 5 heteroatoms. The summed E-state index contributed by atoms with van der Waals surface area (Å²) in [5.41, 5.74) is 5.28. The Morgan fingerprint density at radius 1 is 1.09 bits per heavy atom. The van der Waals surface area contributed by atoms with Crippen LogP contribution in [0, 0.1) is 10.3 Å². The highest BCUT2D eigenvalue weighted by atomic mass is 16.5. The van der Waals surface area contributed by atoms with Gasteiger partial charge < -0.3 is 15.0 Å². The molecule has 5 aliphatic rings. The molecule has 0 spiro atoms. The number of piperidine rings is 3. The van der Waals surface area contributed by atoms with Crippen LogP contribution >= 0.6 is 0 Å². The zero-order valence-corrected chi connectivity index (χ0v) is 19.1. The average molecular weight is 433 g/mol. The zero-order chi connectivity index (χ0) is 21.7. The van der Waals surface area contributed by atoms with Gasteiger partial charge in [-0.15, -0.1) is 0 Å². The van der Waals surface area contributed by atoms with Gasteiger partial charge in [0.25, 0.3) is 5.69 Å². The molecule has 168 valence electrons. The molecule has 0 aliphatic carbocycles. The van der Waals surface area contributed by atoms with E-state index >= 15 is 0 Å². The third-order valence-electron chi connectivity index (χ3n) is 8.83. The van der Waals surface area contributed by atoms with Crippen LogP contribution in [-0.4, -0.2) is 49.0 Å². The van der Waals surface area contributed by atoms with E-state index in [0.29, 0.717) is 11.3 Å². The van der Waals surface area contributed by atoms with Crippen LogP contribution in [0.15, 0.2) is 42.5 Å². The third-order valence-corrected chi connectivity index (χ3v) is 8.83. The predicted octanol–water partition coefficient (Wildman–Crippen LogP) is 4.72. The molecular formula is C27H34N3O2+. The van der Waals surface area contributed by atoms with Crippen molar-refractivity contribution in [3.8, 4) is 5.75 Å². The van der Waals surface area contributed by atoms with E-state index in [-0.39, 0.29) is 12.1 Å². The summed E-state index contributed by atoms with van der Waals surface area (Å²) >= 11 is 0. The lowest BCUT2D eigenvalue weighted by Gasteiger charge is -2.48. The summed E-state index contributed by atoms with van der Waals surface area (Å²) in [5.74, 6) is 1.24. The summed E-state index contributed by atoms with van der Waals surface area (Å²) in [6.07, 6.45) is 6.85. The fourth-order valence-corrected chi connectivity index (χ4v) is 6.92. The van der Waals surface area contributed by atoms with Gasteiger partial charge in [-0.05, 0) is 87.0 Å². The molecule has 0 radical (unpaired) electrons. The highest BCUT2D eigenvalue weighted by Gasteiger charge is 2.54. The van der Waals surface area contributed by atoms with Gasteiger partial charge in [-0.25, -0.2) is 0 Å². The standard InChI is InChI=1S/C27H34N3O2/c1-32-20-7-5-19(6-8-20)17-23-21-3-2-4-24-26(21)22(9-13-28-23)25(30(24)31)18-27-10-14-29(15-11-27)16-12-27/h2-8,22-23,25,28H,9-18H2,1H3/q+1. The highest BCUT2D eigenvalue weighted by Crippen LogP contribution is 2.52. The fourth-order valence-electron chi connectivity index (χ4n) is 6.92. The average Bonchev–Trinajstić information content (AvgIpc) is 2.99. The van der Waals surface area contributed by atoms with Crippen molar-refractivity contribution in [1.29, 1.82) is 0 Å². The summed E-state index contributed by atoms with van der Waals surface area (Å²) in [5, 5.41) is 3.82. The van der Waals surface area contributed by atoms with Crippen LogP contribution in [0.4, 0.5) is 5.69 Å². The molecule has 0 saturated carbocycles. The number of nitrogens with one attached hydrogen (secondary N) is 1. The first-order valence-corrected chi connectivity index (χ1v) is 12.3. The third kappa shape index (κ3) is 3.37. The number of hydrogen-bond donors (Lipinski definition) is 1. The molecule has 5 heterocycles. The molecule has 7 rings (SSSR count). The monoisotopic (exact) mass is 432 g/mol. The van der Waals surface area contributed by atoms with Gasteiger partial charge in [-0.1, -0.05) is 24.3 Å². The Bertz CT molecular complexity index is 996. The number of hydrogen-bond acceptors (Lipinski definition) is 4. The molecule has 1 N–H and O–H groups in total. The van der Waals surface area contributed by atoms with Crippen LogP contribution in [0.25, 0.3) is 0 Å². The summed E-state index contributed by atoms with van der Waals surface area (Å²) in [6, 6.07) is 15.1. The van der Waals surface area contributed by atoms with E-state index in [1.165, 1.54) is 60.3 Å². The van der Waals surface area contributed by atoms with Crippen molar-refractivity contribution in [3.05, 3.63) is 64.1 Å². The predicted molar refractivity (Wildman–Crippen MR) is 126 cm³/mol. The largest absolute Gasteiger partial charge is 0.497 e. The molecule has 2 aromatic rings. The molecule has 5 nitrogen and oxygen atoms in total. The second kappa shape index (κ2) is 7.96. The van der Waals surface area contributed by atoms with Gasteiger partial charge in [-0.3, -0.25) is 0 Å². The lowest BCUT2D eigenvalue weighted by Crippen LogP contribution is -2.50. The maximum Gasteiger partial charge on any atom is 0.260 e. The number of rotatable bonds is 5. The van der Waals surface area contributed by atoms with Crippen molar-refractivity contribution in [1.82, 2.24) is 10.2 Å². The number of fused-ring (bicyclic) bond motifs is 3. The van der Waals surface area contributed by atoms with E-state index < -0.39 is 0 Å². The molecule has 3 atom stereocenters. The summed E-state index contributed by atoms with van der Waals surface area (Å²) < 4.78 is 6.73. The van der Waals surface area contributed by atoms with E-state index in [1.54, 1.807) is 7.11 Å². The van der Waals surface area contributed by atoms with E-state index in [4.69, 9.17) is 4.74 Å². The molecule has 3 fully saturated rings. The van der Waals surface area contributed by atoms with Gasteiger partial charge in [-0.2, -0.15) is 0 Å². The highest BCUT2D eigenvalue weighted by molar-refractivity contribution is 5.53. The molecule has 3 saturated heterocycles. The Kier molecular flexibility index (Phi) is 5.07. The molecule has 3 unspecified atom stereocenters. The van der Waals surface area contributed by atoms with E-state index in [1.807, 2.05) is 12.1 Å². The van der Waals surface area contributed by atoms with Crippen LogP contribution in [-0.2, 0) is 6.42 Å². The summed E-state index contributed by atoms with van der Waals surface area (Å²) in [4.78, 5) is 16.2. The normalized spacial score (nSPS) is 33.1. The van der Waals surface area contributed by atoms with Gasteiger partial charge in [0.1, 0.15) is 5.75 Å². The second-order valence-electron chi connectivity index (χ2n) is 10.4. The first-order valence-electron chi connectivity index (χ1n) is 12.3. The van der Waals surface area contributed by atoms with E-state index in [0.717, 1.165) is 37.2 Å². The molecule has 2 bridgehead atoms. The first kappa shape index (κ1) is 20.4. The van der Waals surface area contributed by atoms with Crippen LogP contribution in [0.5, 0.6) is 5.75 Å². The molecule has 32 heavy (non-hydrogen) atoms. The van der Waals surface area contributed by atoms with Crippen LogP contribution < -0.4 is 10.1 Å². The van der Waals surface area contributed by atoms with Crippen LogP contribution in [0.3, 0.4) is 0 Å². The fraction of sp³-hybridized carbons (Fsp3) is 0.556. The first-order chi connectivity index (χ1) is 15.7. The molecule has 0 amide bonds. The Hall–Kier alpha value is -2.24. The summed E-state index contributed by atoms with van der Waals surface area (Å²) in [7, 11) is 1.70. The number of methoxy groups -OCH3 is 1. The Morgan fingerprint density at radius 3 is 2.56 bits per heavy atom. The van der Waals surface area contributed by atoms with Crippen molar-refractivity contribution in [3.63, 3.8) is 0 Å². The van der Waals surface area contributed by atoms with Crippen molar-refractivity contribution in [2.45, 2.75) is 56.5 Å². The van der Waals surface area contributed by atoms with E-state index in [2.05, 4.69) is 40.5 Å². The number of nitrogens with zero attached hydrogens (tertiary/aromatic N) is 2. The van der Waals surface area contributed by atoms with Crippen molar-refractivity contribution in [2.24, 2.45) is 5.41 Å². The Labute approximate surface area is 190 Å². The van der Waals surface area contributed by atoms with Crippen LogP contribution in [0.2, 0.25) is 0 Å². The number of nitroso groups, excluding NO2 is 1. The minimum absolute atomic E-state index is 0.0948. The van der Waals surface area contributed by atoms with Gasteiger partial charge >= 0.3 is 0 Å². The van der Waals surface area contributed by atoms with Gasteiger partial charge in [0, 0.05) is 33.8 Å². The molecular weight excluding hydrogens is 398 g/mol. The van der Waals surface area contributed by atoms with Crippen molar-refractivity contribution >= 4 is 5.69 Å². The van der Waals surface area contributed by atoms with Gasteiger partial charge in [0.05, 0.1) is 13.0 Å². The lowest BCUT2D eigenvalue weighted by molar-refractivity contribution is -0.504. The van der Waals surface area contributed by atoms with Crippen LogP contribution in [0.1, 0.15) is 60.8 Å². The topological polar surface area (TPSA) is 44.6 Å².